The molecule has 1 nitrogen and oxygen atoms in total. The minimum absolute atomic E-state index is 0.389. The van der Waals surface area contributed by atoms with Crippen molar-refractivity contribution in [3.05, 3.63) is 70.8 Å². The zero-order valence-corrected chi connectivity index (χ0v) is 10.2. The molecule has 3 heteroatoms. The average molecular weight is 247 g/mol. The highest BCUT2D eigenvalue weighted by atomic mass is 19.1. The van der Waals surface area contributed by atoms with Gasteiger partial charge in [0.05, 0.1) is 0 Å². The van der Waals surface area contributed by atoms with Gasteiger partial charge in [0.25, 0.3) is 0 Å². The summed E-state index contributed by atoms with van der Waals surface area (Å²) in [7, 11) is 0. The molecule has 2 rings (SSSR count). The average Bonchev–Trinajstić information content (AvgIpc) is 2.32. The van der Waals surface area contributed by atoms with E-state index in [2.05, 4.69) is 11.4 Å². The first-order valence-electron chi connectivity index (χ1n) is 5.85. The zero-order chi connectivity index (χ0) is 13.0. The van der Waals surface area contributed by atoms with E-state index < -0.39 is 11.6 Å². The third-order valence-electron chi connectivity index (χ3n) is 2.74. The highest BCUT2D eigenvalue weighted by Crippen LogP contribution is 2.10. The van der Waals surface area contributed by atoms with Gasteiger partial charge in [0, 0.05) is 24.7 Å². The number of hydrogen-bond donors (Lipinski definition) is 1. The fourth-order valence-corrected chi connectivity index (χ4v) is 1.83. The van der Waals surface area contributed by atoms with Crippen LogP contribution >= 0.6 is 0 Å². The Bertz CT molecular complexity index is 538. The van der Waals surface area contributed by atoms with E-state index in [9.17, 15) is 8.78 Å². The topological polar surface area (TPSA) is 12.0 Å². The molecule has 0 aromatic heterocycles. The van der Waals surface area contributed by atoms with Crippen molar-refractivity contribution in [1.82, 2.24) is 5.32 Å². The van der Waals surface area contributed by atoms with Gasteiger partial charge in [-0.15, -0.1) is 0 Å². The van der Waals surface area contributed by atoms with Gasteiger partial charge in [-0.2, -0.15) is 0 Å². The Balaban J connectivity index is 1.92. The molecule has 94 valence electrons. The van der Waals surface area contributed by atoms with E-state index in [-0.39, 0.29) is 0 Å². The first-order chi connectivity index (χ1) is 8.65. The Morgan fingerprint density at radius 1 is 1.00 bits per heavy atom. The van der Waals surface area contributed by atoms with Gasteiger partial charge < -0.3 is 5.32 Å². The second kappa shape index (κ2) is 5.74. The molecule has 0 aliphatic carbocycles. The molecule has 0 saturated heterocycles. The van der Waals surface area contributed by atoms with Gasteiger partial charge in [-0.05, 0) is 18.6 Å². The van der Waals surface area contributed by atoms with Crippen LogP contribution in [0.15, 0.2) is 42.5 Å². The van der Waals surface area contributed by atoms with Gasteiger partial charge in [-0.25, -0.2) is 8.78 Å². The fraction of sp³-hybridized carbons (Fsp3) is 0.200. The van der Waals surface area contributed by atoms with E-state index in [1.807, 2.05) is 25.1 Å². The van der Waals surface area contributed by atoms with E-state index in [0.29, 0.717) is 18.7 Å². The minimum Gasteiger partial charge on any atom is -0.309 e. The maximum Gasteiger partial charge on any atom is 0.130 e. The summed E-state index contributed by atoms with van der Waals surface area (Å²) in [4.78, 5) is 0. The zero-order valence-electron chi connectivity index (χ0n) is 10.2. The molecule has 18 heavy (non-hydrogen) atoms. The lowest BCUT2D eigenvalue weighted by molar-refractivity contribution is 0.560. The van der Waals surface area contributed by atoms with Crippen molar-refractivity contribution in [3.63, 3.8) is 0 Å². The van der Waals surface area contributed by atoms with Gasteiger partial charge in [-0.3, -0.25) is 0 Å². The lowest BCUT2D eigenvalue weighted by Crippen LogP contribution is -2.13. The molecule has 0 fully saturated rings. The summed E-state index contributed by atoms with van der Waals surface area (Å²) >= 11 is 0. The Morgan fingerprint density at radius 3 is 2.56 bits per heavy atom. The van der Waals surface area contributed by atoms with E-state index in [4.69, 9.17) is 0 Å². The predicted octanol–water partition coefficient (Wildman–Crippen LogP) is 3.56. The molecule has 0 aliphatic heterocycles. The van der Waals surface area contributed by atoms with Gasteiger partial charge in [0.2, 0.25) is 0 Å². The van der Waals surface area contributed by atoms with Crippen LogP contribution in [0.4, 0.5) is 8.78 Å². The first kappa shape index (κ1) is 12.7. The van der Waals surface area contributed by atoms with Gasteiger partial charge in [0.15, 0.2) is 0 Å². The summed E-state index contributed by atoms with van der Waals surface area (Å²) in [6, 6.07) is 11.8. The predicted molar refractivity (Wildman–Crippen MR) is 68.1 cm³/mol. The molecule has 0 amide bonds. The van der Waals surface area contributed by atoms with Crippen molar-refractivity contribution in [3.8, 4) is 0 Å². The minimum atomic E-state index is -0.546. The third kappa shape index (κ3) is 3.37. The van der Waals surface area contributed by atoms with Crippen molar-refractivity contribution in [2.75, 3.05) is 0 Å². The summed E-state index contributed by atoms with van der Waals surface area (Å²) in [5, 5.41) is 3.14. The largest absolute Gasteiger partial charge is 0.309 e. The van der Waals surface area contributed by atoms with E-state index >= 15 is 0 Å². The van der Waals surface area contributed by atoms with Crippen LogP contribution < -0.4 is 5.32 Å². The maximum absolute atomic E-state index is 13.4. The van der Waals surface area contributed by atoms with Crippen LogP contribution in [0.1, 0.15) is 16.7 Å². The standard InChI is InChI=1S/C15H15F2N/c1-11-3-2-4-12(7-11)9-18-10-13-5-6-14(16)8-15(13)17/h2-8,18H,9-10H2,1H3. The van der Waals surface area contributed by atoms with Gasteiger partial charge >= 0.3 is 0 Å². The molecular weight excluding hydrogens is 232 g/mol. The molecule has 0 atom stereocenters. The summed E-state index contributed by atoms with van der Waals surface area (Å²) in [5.41, 5.74) is 2.82. The maximum atomic E-state index is 13.4. The fourth-order valence-electron chi connectivity index (χ4n) is 1.83. The van der Waals surface area contributed by atoms with Crippen LogP contribution in [0.3, 0.4) is 0 Å². The van der Waals surface area contributed by atoms with Crippen LogP contribution in [-0.4, -0.2) is 0 Å². The third-order valence-corrected chi connectivity index (χ3v) is 2.74. The number of aryl methyl sites for hydroxylation is 1. The Labute approximate surface area is 105 Å². The van der Waals surface area contributed by atoms with Crippen molar-refractivity contribution in [1.29, 1.82) is 0 Å². The van der Waals surface area contributed by atoms with E-state index in [1.165, 1.54) is 17.7 Å². The van der Waals surface area contributed by atoms with E-state index in [0.717, 1.165) is 11.6 Å². The molecular formula is C15H15F2N. The molecule has 1 N–H and O–H groups in total. The Kier molecular flexibility index (Phi) is 4.05. The highest BCUT2D eigenvalue weighted by Gasteiger charge is 2.03. The number of nitrogens with one attached hydrogen (secondary N) is 1. The van der Waals surface area contributed by atoms with Crippen LogP contribution in [0.5, 0.6) is 0 Å². The smallest absolute Gasteiger partial charge is 0.130 e. The molecule has 0 unspecified atom stereocenters. The highest BCUT2D eigenvalue weighted by molar-refractivity contribution is 5.22. The van der Waals surface area contributed by atoms with Crippen molar-refractivity contribution < 1.29 is 8.78 Å². The monoisotopic (exact) mass is 247 g/mol. The van der Waals surface area contributed by atoms with Gasteiger partial charge in [0.1, 0.15) is 11.6 Å². The summed E-state index contributed by atoms with van der Waals surface area (Å²) in [5.74, 6) is -1.05. The first-order valence-corrected chi connectivity index (χ1v) is 5.85. The quantitative estimate of drug-likeness (QED) is 0.871. The SMILES string of the molecule is Cc1cccc(CNCc2ccc(F)cc2F)c1. The van der Waals surface area contributed by atoms with Gasteiger partial charge in [-0.1, -0.05) is 35.9 Å². The lowest BCUT2D eigenvalue weighted by Gasteiger charge is -2.07. The molecule has 0 radical (unpaired) electrons. The second-order valence-electron chi connectivity index (χ2n) is 4.33. The van der Waals surface area contributed by atoms with Crippen molar-refractivity contribution in [2.45, 2.75) is 20.0 Å². The summed E-state index contributed by atoms with van der Waals surface area (Å²) < 4.78 is 26.1. The summed E-state index contributed by atoms with van der Waals surface area (Å²) in [6.07, 6.45) is 0. The Hall–Kier alpha value is -1.74. The van der Waals surface area contributed by atoms with Crippen LogP contribution in [-0.2, 0) is 13.1 Å². The second-order valence-corrected chi connectivity index (χ2v) is 4.33. The van der Waals surface area contributed by atoms with Crippen molar-refractivity contribution in [2.24, 2.45) is 0 Å². The molecule has 2 aromatic carbocycles. The number of rotatable bonds is 4. The van der Waals surface area contributed by atoms with Crippen LogP contribution in [0.25, 0.3) is 0 Å². The van der Waals surface area contributed by atoms with Crippen LogP contribution in [0, 0.1) is 18.6 Å². The number of halogens is 2. The molecule has 0 aliphatic rings. The van der Waals surface area contributed by atoms with E-state index in [1.54, 1.807) is 0 Å². The molecule has 2 aromatic rings. The number of hydrogen-bond acceptors (Lipinski definition) is 1. The summed E-state index contributed by atoms with van der Waals surface area (Å²) in [6.45, 7) is 3.09. The molecule has 0 spiro atoms. The van der Waals surface area contributed by atoms with Crippen molar-refractivity contribution >= 4 is 0 Å². The molecule has 0 saturated carbocycles. The lowest BCUT2D eigenvalue weighted by atomic mass is 10.1. The number of benzene rings is 2. The Morgan fingerprint density at radius 2 is 1.83 bits per heavy atom. The molecule has 0 heterocycles. The normalized spacial score (nSPS) is 10.6. The molecule has 0 bridgehead atoms. The van der Waals surface area contributed by atoms with Crippen LogP contribution in [0.2, 0.25) is 0 Å².